The minimum absolute atomic E-state index is 0.0167. The summed E-state index contributed by atoms with van der Waals surface area (Å²) < 4.78 is 1.81. The number of rotatable bonds is 5. The lowest BCUT2D eigenvalue weighted by atomic mass is 10.1. The van der Waals surface area contributed by atoms with E-state index in [0.717, 1.165) is 37.5 Å². The van der Waals surface area contributed by atoms with E-state index in [1.165, 1.54) is 11.8 Å². The largest absolute Gasteiger partial charge is 0.322 e. The lowest BCUT2D eigenvalue weighted by Crippen LogP contribution is -2.13. The maximum absolute atomic E-state index is 13.3. The van der Waals surface area contributed by atoms with Gasteiger partial charge in [-0.1, -0.05) is 72.8 Å². The second-order valence-electron chi connectivity index (χ2n) is 8.60. The van der Waals surface area contributed by atoms with Crippen molar-refractivity contribution in [2.24, 2.45) is 0 Å². The zero-order chi connectivity index (χ0) is 24.5. The molecular weight excluding hydrogens is 464 g/mol. The van der Waals surface area contributed by atoms with E-state index < -0.39 is 0 Å². The summed E-state index contributed by atoms with van der Waals surface area (Å²) in [7, 11) is 0. The van der Waals surface area contributed by atoms with E-state index in [-0.39, 0.29) is 17.6 Å². The second-order valence-corrected chi connectivity index (χ2v) is 9.64. The molecule has 0 atom stereocenters. The van der Waals surface area contributed by atoms with E-state index in [1.54, 1.807) is 0 Å². The molecule has 6 aromatic rings. The lowest BCUT2D eigenvalue weighted by molar-refractivity contribution is 0.0950. The summed E-state index contributed by atoms with van der Waals surface area (Å²) in [5.74, 6) is 0.136. The number of amides is 1. The predicted molar refractivity (Wildman–Crippen MR) is 149 cm³/mol. The summed E-state index contributed by atoms with van der Waals surface area (Å²) in [6.45, 7) is 0. The van der Waals surface area contributed by atoms with Crippen molar-refractivity contribution in [3.05, 3.63) is 121 Å². The van der Waals surface area contributed by atoms with Crippen LogP contribution in [0.5, 0.6) is 0 Å². The van der Waals surface area contributed by atoms with E-state index in [9.17, 15) is 9.59 Å². The third-order valence-corrected chi connectivity index (χ3v) is 7.27. The van der Waals surface area contributed by atoms with Crippen molar-refractivity contribution in [2.45, 2.75) is 4.90 Å². The van der Waals surface area contributed by atoms with Crippen LogP contribution in [-0.2, 0) is 0 Å². The van der Waals surface area contributed by atoms with Crippen LogP contribution in [0, 0.1) is 0 Å². The zero-order valence-corrected chi connectivity index (χ0v) is 20.2. The van der Waals surface area contributed by atoms with Crippen molar-refractivity contribution in [2.75, 3.05) is 11.1 Å². The molecule has 0 spiro atoms. The number of thioether (sulfide) groups is 1. The van der Waals surface area contributed by atoms with Crippen molar-refractivity contribution < 1.29 is 9.59 Å². The Balaban J connectivity index is 1.19. The van der Waals surface area contributed by atoms with Crippen LogP contribution in [-0.4, -0.2) is 22.1 Å². The minimum Gasteiger partial charge on any atom is -0.322 e. The molecule has 5 aromatic carbocycles. The molecule has 0 radical (unpaired) electrons. The van der Waals surface area contributed by atoms with E-state index in [0.29, 0.717) is 11.3 Å². The van der Waals surface area contributed by atoms with Gasteiger partial charge in [0.05, 0.1) is 16.8 Å². The van der Waals surface area contributed by atoms with Gasteiger partial charge in [0.2, 0.25) is 5.91 Å². The van der Waals surface area contributed by atoms with Gasteiger partial charge in [-0.25, -0.2) is 0 Å². The Morgan fingerprint density at radius 1 is 0.667 bits per heavy atom. The van der Waals surface area contributed by atoms with Gasteiger partial charge in [-0.2, -0.15) is 0 Å². The molecule has 1 amide bonds. The molecule has 1 aromatic heterocycles. The smallest absolute Gasteiger partial charge is 0.255 e. The number of benzene rings is 5. The Kier molecular flexibility index (Phi) is 5.76. The molecule has 0 fully saturated rings. The molecule has 4 nitrogen and oxygen atoms in total. The van der Waals surface area contributed by atoms with Crippen LogP contribution in [0.4, 0.5) is 5.69 Å². The molecule has 174 valence electrons. The highest BCUT2D eigenvalue weighted by Crippen LogP contribution is 2.30. The van der Waals surface area contributed by atoms with Crippen LogP contribution in [0.3, 0.4) is 0 Å². The van der Waals surface area contributed by atoms with Crippen LogP contribution < -0.4 is 5.32 Å². The summed E-state index contributed by atoms with van der Waals surface area (Å²) in [4.78, 5) is 27.1. The first-order chi connectivity index (χ1) is 17.7. The lowest BCUT2D eigenvalue weighted by Gasteiger charge is -2.09. The highest BCUT2D eigenvalue weighted by atomic mass is 32.2. The van der Waals surface area contributed by atoms with Gasteiger partial charge in [0, 0.05) is 26.9 Å². The highest BCUT2D eigenvalue weighted by molar-refractivity contribution is 8.00. The molecule has 0 unspecified atom stereocenters. The number of hydrogen-bond donors (Lipinski definition) is 1. The summed E-state index contributed by atoms with van der Waals surface area (Å²) in [5.41, 5.74) is 3.14. The Labute approximate surface area is 212 Å². The van der Waals surface area contributed by atoms with Gasteiger partial charge in [0.15, 0.2) is 0 Å². The third kappa shape index (κ3) is 4.14. The van der Waals surface area contributed by atoms with E-state index in [1.807, 2.05) is 108 Å². The number of hydrogen-bond acceptors (Lipinski definition) is 3. The SMILES string of the molecule is O=C(Nc1cccc(SCC(=O)n2c3ccccc3c3ccccc32)c1)c1ccc2ccccc2c1. The molecule has 0 saturated heterocycles. The molecule has 5 heteroatoms. The second kappa shape index (κ2) is 9.36. The van der Waals surface area contributed by atoms with Gasteiger partial charge >= 0.3 is 0 Å². The fraction of sp³-hybridized carbons (Fsp3) is 0.0323. The Morgan fingerprint density at radius 2 is 1.33 bits per heavy atom. The Morgan fingerprint density at radius 3 is 2.08 bits per heavy atom. The molecule has 36 heavy (non-hydrogen) atoms. The van der Waals surface area contributed by atoms with E-state index >= 15 is 0 Å². The third-order valence-electron chi connectivity index (χ3n) is 6.30. The number of nitrogens with zero attached hydrogens (tertiary/aromatic N) is 1. The number of anilines is 1. The first kappa shape index (κ1) is 22.1. The normalized spacial score (nSPS) is 11.2. The number of carbonyl (C=O) groups is 2. The molecule has 0 aliphatic carbocycles. The average molecular weight is 487 g/mol. The monoisotopic (exact) mass is 486 g/mol. The van der Waals surface area contributed by atoms with Crippen molar-refractivity contribution in [1.82, 2.24) is 4.57 Å². The topological polar surface area (TPSA) is 51.1 Å². The molecule has 6 rings (SSSR count). The van der Waals surface area contributed by atoms with Crippen molar-refractivity contribution >= 4 is 61.8 Å². The number of carbonyl (C=O) groups excluding carboxylic acids is 2. The minimum atomic E-state index is -0.163. The number of nitrogens with one attached hydrogen (secondary N) is 1. The quantitative estimate of drug-likeness (QED) is 0.255. The van der Waals surface area contributed by atoms with Gasteiger partial charge in [0.1, 0.15) is 0 Å². The first-order valence-electron chi connectivity index (χ1n) is 11.7. The standard InChI is InChI=1S/C31H22N2O2S/c34-30(33-28-14-5-3-12-26(28)27-13-4-6-15-29(27)33)20-36-25-11-7-10-24(19-25)32-31(35)23-17-16-21-8-1-2-9-22(21)18-23/h1-19H,20H2,(H,32,35). The van der Waals surface area contributed by atoms with Crippen LogP contribution in [0.2, 0.25) is 0 Å². The molecule has 0 bridgehead atoms. The summed E-state index contributed by atoms with van der Waals surface area (Å²) in [5, 5.41) is 7.26. The molecule has 0 aliphatic rings. The van der Waals surface area contributed by atoms with Crippen molar-refractivity contribution in [3.8, 4) is 0 Å². The summed E-state index contributed by atoms with van der Waals surface area (Å²) >= 11 is 1.46. The van der Waals surface area contributed by atoms with Crippen LogP contribution in [0.25, 0.3) is 32.6 Å². The molecule has 1 N–H and O–H groups in total. The van der Waals surface area contributed by atoms with Crippen LogP contribution >= 0.6 is 11.8 Å². The van der Waals surface area contributed by atoms with Crippen LogP contribution in [0.1, 0.15) is 15.2 Å². The maximum Gasteiger partial charge on any atom is 0.255 e. The van der Waals surface area contributed by atoms with Gasteiger partial charge in [-0.05, 0) is 53.2 Å². The van der Waals surface area contributed by atoms with E-state index in [2.05, 4.69) is 17.4 Å². The Hall–Kier alpha value is -4.35. The van der Waals surface area contributed by atoms with Crippen molar-refractivity contribution in [1.29, 1.82) is 0 Å². The zero-order valence-electron chi connectivity index (χ0n) is 19.3. The number of fused-ring (bicyclic) bond motifs is 4. The number of aromatic nitrogens is 1. The van der Waals surface area contributed by atoms with E-state index in [4.69, 9.17) is 0 Å². The van der Waals surface area contributed by atoms with Gasteiger partial charge in [0.25, 0.3) is 5.91 Å². The number of para-hydroxylation sites is 2. The average Bonchev–Trinajstić information content (AvgIpc) is 3.26. The molecular formula is C31H22N2O2S. The Bertz CT molecular complexity index is 1720. The van der Waals surface area contributed by atoms with Crippen molar-refractivity contribution in [3.63, 3.8) is 0 Å². The summed E-state index contributed by atoms with van der Waals surface area (Å²) in [6, 6.07) is 37.3. The van der Waals surface area contributed by atoms with Gasteiger partial charge < -0.3 is 5.32 Å². The molecule has 0 aliphatic heterocycles. The first-order valence-corrected chi connectivity index (χ1v) is 12.7. The maximum atomic E-state index is 13.3. The van der Waals surface area contributed by atoms with Gasteiger partial charge in [-0.15, -0.1) is 11.8 Å². The molecule has 1 heterocycles. The highest BCUT2D eigenvalue weighted by Gasteiger charge is 2.16. The predicted octanol–water partition coefficient (Wildman–Crippen LogP) is 7.63. The van der Waals surface area contributed by atoms with Crippen LogP contribution in [0.15, 0.2) is 120 Å². The van der Waals surface area contributed by atoms with Gasteiger partial charge in [-0.3, -0.25) is 14.2 Å². The fourth-order valence-corrected chi connectivity index (χ4v) is 5.40. The summed E-state index contributed by atoms with van der Waals surface area (Å²) in [6.07, 6.45) is 0. The molecule has 0 saturated carbocycles. The fourth-order valence-electron chi connectivity index (χ4n) is 4.60.